The smallest absolute Gasteiger partial charge is 0.331 e. The maximum atomic E-state index is 10.7. The van der Waals surface area contributed by atoms with Gasteiger partial charge in [0.1, 0.15) is 0 Å². The fourth-order valence-electron chi connectivity index (χ4n) is 0.590. The largest absolute Gasteiger partial charge is 0.397 e. The molecule has 1 atom stereocenters. The average Bonchev–Trinajstić information content (AvgIpc) is 1.83. The van der Waals surface area contributed by atoms with Crippen LogP contribution in [-0.2, 0) is 9.53 Å². The van der Waals surface area contributed by atoms with Crippen molar-refractivity contribution in [1.82, 2.24) is 0 Å². The summed E-state index contributed by atoms with van der Waals surface area (Å²) in [4.78, 5) is 10.7. The van der Waals surface area contributed by atoms with Crippen LogP contribution in [0.5, 0.6) is 0 Å². The van der Waals surface area contributed by atoms with Crippen molar-refractivity contribution in [3.8, 4) is 6.07 Å². The summed E-state index contributed by atoms with van der Waals surface area (Å²) in [6, 6.07) is 1.98. The second-order valence-electron chi connectivity index (χ2n) is 3.70. The maximum absolute atomic E-state index is 10.7. The van der Waals surface area contributed by atoms with Gasteiger partial charge < -0.3 is 4.74 Å². The third kappa shape index (κ3) is 2.21. The number of quaternary nitrogens is 1. The molecule has 4 heteroatoms. The van der Waals surface area contributed by atoms with Crippen molar-refractivity contribution in [2.45, 2.75) is 19.6 Å². The Morgan fingerprint density at radius 3 is 2.00 bits per heavy atom. The van der Waals surface area contributed by atoms with Crippen LogP contribution in [0.15, 0.2) is 0 Å². The van der Waals surface area contributed by atoms with Gasteiger partial charge in [0.05, 0.1) is 21.1 Å². The van der Waals surface area contributed by atoms with Gasteiger partial charge in [0.15, 0.2) is 6.07 Å². The van der Waals surface area contributed by atoms with Crippen LogP contribution in [-0.4, -0.2) is 37.3 Å². The molecule has 12 heavy (non-hydrogen) atoms. The summed E-state index contributed by atoms with van der Waals surface area (Å²) in [6.45, 7) is 2.89. The molecular weight excluding hydrogens is 156 g/mol. The molecule has 0 aliphatic rings. The number of hydrogen-bond donors (Lipinski definition) is 0. The van der Waals surface area contributed by atoms with E-state index < -0.39 is 11.7 Å². The summed E-state index contributed by atoms with van der Waals surface area (Å²) < 4.78 is 5.19. The molecular formula is C8H15N2O2+. The Morgan fingerprint density at radius 2 is 1.92 bits per heavy atom. The lowest BCUT2D eigenvalue weighted by molar-refractivity contribution is -0.934. The van der Waals surface area contributed by atoms with E-state index in [9.17, 15) is 4.79 Å². The molecule has 0 aromatic heterocycles. The number of ether oxygens (including phenoxy) is 1. The van der Waals surface area contributed by atoms with Gasteiger partial charge in [-0.2, -0.15) is 5.26 Å². The van der Waals surface area contributed by atoms with E-state index in [1.807, 2.05) is 6.07 Å². The molecule has 1 unspecified atom stereocenters. The molecule has 68 valence electrons. The molecule has 0 aliphatic heterocycles. The third-order valence-electron chi connectivity index (χ3n) is 1.83. The van der Waals surface area contributed by atoms with Gasteiger partial charge in [0, 0.05) is 13.8 Å². The lowest BCUT2D eigenvalue weighted by atomic mass is 10.2. The standard InChI is InChI=1S/C8H15N2O2/c1-7(11)12-8(2,6-9)10(3,4)5/h1-5H3/q+1. The predicted octanol–water partition coefficient (Wildman–Crippen LogP) is 0.495. The monoisotopic (exact) mass is 171 g/mol. The molecule has 0 aliphatic carbocycles. The van der Waals surface area contributed by atoms with Crippen LogP contribution >= 0.6 is 0 Å². The Bertz CT molecular complexity index is 224. The fourth-order valence-corrected chi connectivity index (χ4v) is 0.590. The Labute approximate surface area is 72.9 Å². The second-order valence-corrected chi connectivity index (χ2v) is 3.70. The zero-order chi connectivity index (χ0) is 9.99. The van der Waals surface area contributed by atoms with Crippen LogP contribution in [0.25, 0.3) is 0 Å². The Morgan fingerprint density at radius 1 is 1.50 bits per heavy atom. The number of esters is 1. The molecule has 0 amide bonds. The quantitative estimate of drug-likeness (QED) is 0.345. The van der Waals surface area contributed by atoms with Crippen molar-refractivity contribution in [3.05, 3.63) is 0 Å². The first-order valence-electron chi connectivity index (χ1n) is 3.65. The topological polar surface area (TPSA) is 50.1 Å². The maximum Gasteiger partial charge on any atom is 0.331 e. The van der Waals surface area contributed by atoms with Gasteiger partial charge in [0.25, 0.3) is 0 Å². The van der Waals surface area contributed by atoms with Gasteiger partial charge in [-0.25, -0.2) is 0 Å². The summed E-state index contributed by atoms with van der Waals surface area (Å²) in [6.07, 6.45) is 0. The lowest BCUT2D eigenvalue weighted by Crippen LogP contribution is -2.56. The molecule has 0 fully saturated rings. The van der Waals surface area contributed by atoms with Gasteiger partial charge >= 0.3 is 11.7 Å². The Balaban J connectivity index is 4.72. The zero-order valence-corrected chi connectivity index (χ0v) is 8.21. The third-order valence-corrected chi connectivity index (χ3v) is 1.83. The first-order chi connectivity index (χ1) is 5.23. The van der Waals surface area contributed by atoms with E-state index in [0.717, 1.165) is 0 Å². The van der Waals surface area contributed by atoms with Crippen LogP contribution in [0.1, 0.15) is 13.8 Å². The lowest BCUT2D eigenvalue weighted by Gasteiger charge is -2.36. The molecule has 0 saturated heterocycles. The summed E-state index contributed by atoms with van der Waals surface area (Å²) in [7, 11) is 5.39. The molecule has 0 saturated carbocycles. The number of carbonyl (C=O) groups is 1. The number of rotatable bonds is 2. The van der Waals surface area contributed by atoms with E-state index in [0.29, 0.717) is 0 Å². The molecule has 0 spiro atoms. The molecule has 0 heterocycles. The first-order valence-corrected chi connectivity index (χ1v) is 3.65. The van der Waals surface area contributed by atoms with Gasteiger partial charge in [-0.15, -0.1) is 0 Å². The van der Waals surface area contributed by atoms with Gasteiger partial charge in [-0.3, -0.25) is 9.28 Å². The normalized spacial score (nSPS) is 16.0. The fraction of sp³-hybridized carbons (Fsp3) is 0.750. The summed E-state index contributed by atoms with van der Waals surface area (Å²) in [5, 5.41) is 8.83. The highest BCUT2D eigenvalue weighted by molar-refractivity contribution is 5.66. The first kappa shape index (κ1) is 10.9. The van der Waals surface area contributed by atoms with Crippen molar-refractivity contribution >= 4 is 5.97 Å². The van der Waals surface area contributed by atoms with Crippen LogP contribution in [0, 0.1) is 11.3 Å². The van der Waals surface area contributed by atoms with Crippen molar-refractivity contribution in [2.24, 2.45) is 0 Å². The predicted molar refractivity (Wildman–Crippen MR) is 43.8 cm³/mol. The van der Waals surface area contributed by atoms with Crippen molar-refractivity contribution in [3.63, 3.8) is 0 Å². The van der Waals surface area contributed by atoms with Gasteiger partial charge in [0.2, 0.25) is 0 Å². The van der Waals surface area contributed by atoms with Crippen molar-refractivity contribution in [1.29, 1.82) is 5.26 Å². The van der Waals surface area contributed by atoms with Crippen molar-refractivity contribution in [2.75, 3.05) is 21.1 Å². The summed E-state index contributed by atoms with van der Waals surface area (Å²) >= 11 is 0. The Hall–Kier alpha value is -1.08. The number of carbonyl (C=O) groups excluding carboxylic acids is 1. The van der Waals surface area contributed by atoms with E-state index in [1.54, 1.807) is 28.1 Å². The van der Waals surface area contributed by atoms with Gasteiger partial charge in [-0.1, -0.05) is 0 Å². The SMILES string of the molecule is CC(=O)OC(C)(C#N)[N+](C)(C)C. The zero-order valence-electron chi connectivity index (χ0n) is 8.21. The summed E-state index contributed by atoms with van der Waals surface area (Å²) in [5.74, 6) is -0.438. The second kappa shape index (κ2) is 3.11. The molecule has 0 rings (SSSR count). The van der Waals surface area contributed by atoms with Crippen LogP contribution in [0.4, 0.5) is 0 Å². The van der Waals surface area contributed by atoms with E-state index in [2.05, 4.69) is 0 Å². The number of hydrogen-bond acceptors (Lipinski definition) is 3. The highest BCUT2D eigenvalue weighted by atomic mass is 16.6. The molecule has 4 nitrogen and oxygen atoms in total. The van der Waals surface area contributed by atoms with Crippen LogP contribution in [0.3, 0.4) is 0 Å². The van der Waals surface area contributed by atoms with Gasteiger partial charge in [-0.05, 0) is 0 Å². The highest BCUT2D eigenvalue weighted by Gasteiger charge is 2.41. The van der Waals surface area contributed by atoms with E-state index >= 15 is 0 Å². The molecule has 0 radical (unpaired) electrons. The molecule has 0 N–H and O–H groups in total. The van der Waals surface area contributed by atoms with E-state index in [1.165, 1.54) is 6.92 Å². The van der Waals surface area contributed by atoms with E-state index in [4.69, 9.17) is 10.00 Å². The number of nitriles is 1. The summed E-state index contributed by atoms with van der Waals surface area (Å²) in [5.41, 5.74) is -1.11. The average molecular weight is 171 g/mol. The minimum Gasteiger partial charge on any atom is -0.397 e. The van der Waals surface area contributed by atoms with Crippen LogP contribution < -0.4 is 0 Å². The minimum atomic E-state index is -1.11. The molecule has 0 aromatic rings. The molecule has 0 aromatic carbocycles. The van der Waals surface area contributed by atoms with Crippen LogP contribution in [0.2, 0.25) is 0 Å². The molecule has 0 bridgehead atoms. The van der Waals surface area contributed by atoms with E-state index in [-0.39, 0.29) is 4.48 Å². The Kier molecular flexibility index (Phi) is 2.83. The number of nitrogens with zero attached hydrogens (tertiary/aromatic N) is 2. The minimum absolute atomic E-state index is 0.267. The van der Waals surface area contributed by atoms with Crippen molar-refractivity contribution < 1.29 is 14.0 Å². The highest BCUT2D eigenvalue weighted by Crippen LogP contribution is 2.18.